The van der Waals surface area contributed by atoms with Gasteiger partial charge in [0.15, 0.2) is 12.0 Å². The molecule has 1 saturated heterocycles. The van der Waals surface area contributed by atoms with E-state index in [0.717, 1.165) is 0 Å². The highest BCUT2D eigenvalue weighted by Crippen LogP contribution is 2.27. The third-order valence-electron chi connectivity index (χ3n) is 4.54. The Labute approximate surface area is 153 Å². The number of hydrogen-bond donors (Lipinski definition) is 1. The lowest BCUT2D eigenvalue weighted by Gasteiger charge is -2.32. The van der Waals surface area contributed by atoms with Crippen molar-refractivity contribution in [3.8, 4) is 0 Å². The van der Waals surface area contributed by atoms with Crippen molar-refractivity contribution < 1.29 is 33.7 Å². The standard InChI is InChI=1S/C18H27NO7/c1-12-7-5-6-8-13(12)14(11-24-18(2,3)23-4)25-17(22)26-19-15(20)9-10-16(19)21/h5-8,12-15,20H,9-11H2,1-4H3/t12?,13?,14-,15?/m1/s1. The van der Waals surface area contributed by atoms with Gasteiger partial charge in [-0.05, 0) is 19.8 Å². The average Bonchev–Trinajstić information content (AvgIpc) is 2.91. The van der Waals surface area contributed by atoms with Crippen molar-refractivity contribution in [3.63, 3.8) is 0 Å². The molecule has 0 saturated carbocycles. The molecule has 146 valence electrons. The van der Waals surface area contributed by atoms with Gasteiger partial charge in [0.2, 0.25) is 0 Å². The van der Waals surface area contributed by atoms with Crippen LogP contribution in [0.2, 0.25) is 0 Å². The van der Waals surface area contributed by atoms with Crippen molar-refractivity contribution in [2.75, 3.05) is 13.7 Å². The minimum absolute atomic E-state index is 0.0830. The molecule has 0 spiro atoms. The highest BCUT2D eigenvalue weighted by molar-refractivity contribution is 5.78. The molecule has 8 nitrogen and oxygen atoms in total. The van der Waals surface area contributed by atoms with Crippen molar-refractivity contribution >= 4 is 12.1 Å². The fourth-order valence-electron chi connectivity index (χ4n) is 2.75. The van der Waals surface area contributed by atoms with E-state index in [1.807, 2.05) is 31.2 Å². The first-order valence-electron chi connectivity index (χ1n) is 8.66. The molecule has 26 heavy (non-hydrogen) atoms. The number of nitrogens with zero attached hydrogens (tertiary/aromatic N) is 1. The summed E-state index contributed by atoms with van der Waals surface area (Å²) in [6.45, 7) is 5.59. The van der Waals surface area contributed by atoms with Gasteiger partial charge in [-0.1, -0.05) is 31.2 Å². The zero-order chi connectivity index (χ0) is 19.3. The van der Waals surface area contributed by atoms with Crippen LogP contribution in [0.5, 0.6) is 0 Å². The minimum atomic E-state index is -1.14. The van der Waals surface area contributed by atoms with Gasteiger partial charge in [-0.3, -0.25) is 4.79 Å². The van der Waals surface area contributed by atoms with Crippen molar-refractivity contribution in [2.24, 2.45) is 11.8 Å². The van der Waals surface area contributed by atoms with E-state index in [-0.39, 0.29) is 31.3 Å². The molecule has 0 aromatic carbocycles. The van der Waals surface area contributed by atoms with Crippen molar-refractivity contribution in [1.29, 1.82) is 0 Å². The molecule has 0 radical (unpaired) electrons. The highest BCUT2D eigenvalue weighted by atomic mass is 16.8. The largest absolute Gasteiger partial charge is 0.533 e. The molecule has 2 rings (SSSR count). The van der Waals surface area contributed by atoms with Gasteiger partial charge in [0.05, 0.1) is 6.61 Å². The van der Waals surface area contributed by atoms with E-state index in [4.69, 9.17) is 19.0 Å². The predicted octanol–water partition coefficient (Wildman–Crippen LogP) is 2.14. The summed E-state index contributed by atoms with van der Waals surface area (Å²) in [5.74, 6) is -1.31. The van der Waals surface area contributed by atoms with Gasteiger partial charge < -0.3 is 24.2 Å². The summed E-state index contributed by atoms with van der Waals surface area (Å²) in [6, 6.07) is 0. The first-order valence-corrected chi connectivity index (χ1v) is 8.66. The van der Waals surface area contributed by atoms with Gasteiger partial charge in [0.1, 0.15) is 6.10 Å². The van der Waals surface area contributed by atoms with E-state index < -0.39 is 30.2 Å². The normalized spacial score (nSPS) is 26.9. The summed E-state index contributed by atoms with van der Waals surface area (Å²) in [7, 11) is 1.52. The monoisotopic (exact) mass is 369 g/mol. The number of carbonyl (C=O) groups excluding carboxylic acids is 2. The van der Waals surface area contributed by atoms with Crippen LogP contribution in [-0.4, -0.2) is 54.1 Å². The van der Waals surface area contributed by atoms with Crippen LogP contribution in [0.4, 0.5) is 4.79 Å². The summed E-state index contributed by atoms with van der Waals surface area (Å²) >= 11 is 0. The van der Waals surface area contributed by atoms with Crippen LogP contribution in [0, 0.1) is 11.8 Å². The molecular formula is C18H27NO7. The number of carbonyl (C=O) groups is 2. The number of aliphatic hydroxyl groups is 1. The summed E-state index contributed by atoms with van der Waals surface area (Å²) < 4.78 is 16.4. The Hall–Kier alpha value is -1.90. The smallest absolute Gasteiger partial charge is 0.426 e. The van der Waals surface area contributed by atoms with E-state index in [9.17, 15) is 14.7 Å². The van der Waals surface area contributed by atoms with Crippen LogP contribution in [0.25, 0.3) is 0 Å². The van der Waals surface area contributed by atoms with E-state index in [2.05, 4.69) is 0 Å². The molecule has 8 heteroatoms. The molecule has 0 bridgehead atoms. The lowest BCUT2D eigenvalue weighted by atomic mass is 9.86. The topological polar surface area (TPSA) is 94.5 Å². The van der Waals surface area contributed by atoms with Crippen LogP contribution in [-0.2, 0) is 23.8 Å². The summed E-state index contributed by atoms with van der Waals surface area (Å²) in [5.41, 5.74) is 0. The Morgan fingerprint density at radius 3 is 2.65 bits per heavy atom. The third kappa shape index (κ3) is 5.30. The van der Waals surface area contributed by atoms with Gasteiger partial charge >= 0.3 is 6.16 Å². The number of hydroxylamine groups is 2. The molecule has 3 unspecified atom stereocenters. The number of hydrogen-bond acceptors (Lipinski definition) is 7. The van der Waals surface area contributed by atoms with Gasteiger partial charge in [-0.15, -0.1) is 5.06 Å². The second-order valence-electron chi connectivity index (χ2n) is 6.86. The second-order valence-corrected chi connectivity index (χ2v) is 6.86. The molecule has 1 aliphatic carbocycles. The van der Waals surface area contributed by atoms with Crippen molar-refractivity contribution in [1.82, 2.24) is 5.06 Å². The van der Waals surface area contributed by atoms with Crippen LogP contribution in [0.3, 0.4) is 0 Å². The first-order chi connectivity index (χ1) is 12.2. The molecule has 1 N–H and O–H groups in total. The zero-order valence-electron chi connectivity index (χ0n) is 15.6. The van der Waals surface area contributed by atoms with Crippen LogP contribution in [0.15, 0.2) is 24.3 Å². The maximum Gasteiger partial charge on any atom is 0.533 e. The fraction of sp³-hybridized carbons (Fsp3) is 0.667. The molecule has 0 aromatic heterocycles. The predicted molar refractivity (Wildman–Crippen MR) is 91.4 cm³/mol. The maximum atomic E-state index is 12.2. The third-order valence-corrected chi connectivity index (χ3v) is 4.54. The van der Waals surface area contributed by atoms with E-state index in [1.165, 1.54) is 7.11 Å². The Morgan fingerprint density at radius 2 is 2.08 bits per heavy atom. The Kier molecular flexibility index (Phi) is 6.80. The van der Waals surface area contributed by atoms with E-state index in [1.54, 1.807) is 13.8 Å². The second kappa shape index (κ2) is 8.66. The fourth-order valence-corrected chi connectivity index (χ4v) is 2.75. The van der Waals surface area contributed by atoms with Crippen LogP contribution in [0.1, 0.15) is 33.6 Å². The lowest BCUT2D eigenvalue weighted by Crippen LogP contribution is -2.41. The number of allylic oxidation sites excluding steroid dienone is 3. The molecule has 2 aliphatic rings. The van der Waals surface area contributed by atoms with Crippen LogP contribution >= 0.6 is 0 Å². The number of methoxy groups -OCH3 is 1. The molecule has 4 atom stereocenters. The Balaban J connectivity index is 2.02. The Bertz CT molecular complexity index is 572. The van der Waals surface area contributed by atoms with Gasteiger partial charge in [0.25, 0.3) is 5.91 Å². The summed E-state index contributed by atoms with van der Waals surface area (Å²) in [4.78, 5) is 28.7. The van der Waals surface area contributed by atoms with Gasteiger partial charge in [-0.2, -0.15) is 0 Å². The summed E-state index contributed by atoms with van der Waals surface area (Å²) in [6.07, 6.45) is 5.22. The van der Waals surface area contributed by atoms with E-state index in [0.29, 0.717) is 5.06 Å². The maximum absolute atomic E-state index is 12.2. The minimum Gasteiger partial charge on any atom is -0.426 e. The quantitative estimate of drug-likeness (QED) is 0.543. The molecule has 1 fully saturated rings. The van der Waals surface area contributed by atoms with Crippen molar-refractivity contribution in [2.45, 2.75) is 51.7 Å². The Morgan fingerprint density at radius 1 is 1.38 bits per heavy atom. The molecule has 1 heterocycles. The van der Waals surface area contributed by atoms with Gasteiger partial charge in [0, 0.05) is 25.9 Å². The number of ether oxygens (including phenoxy) is 3. The van der Waals surface area contributed by atoms with Crippen LogP contribution < -0.4 is 0 Å². The molecular weight excluding hydrogens is 342 g/mol. The zero-order valence-corrected chi connectivity index (χ0v) is 15.6. The number of amides is 1. The average molecular weight is 369 g/mol. The van der Waals surface area contributed by atoms with E-state index >= 15 is 0 Å². The lowest BCUT2D eigenvalue weighted by molar-refractivity contribution is -0.223. The van der Waals surface area contributed by atoms with Crippen molar-refractivity contribution in [3.05, 3.63) is 24.3 Å². The molecule has 1 amide bonds. The first kappa shape index (κ1) is 20.4. The number of rotatable bonds is 7. The highest BCUT2D eigenvalue weighted by Gasteiger charge is 2.36. The molecule has 1 aliphatic heterocycles. The SMILES string of the molecule is COC(C)(C)OC[C@@H](OC(=O)ON1C(=O)CCC1O)C1C=CC=CC1C. The van der Waals surface area contributed by atoms with Gasteiger partial charge in [-0.25, -0.2) is 4.79 Å². The summed E-state index contributed by atoms with van der Waals surface area (Å²) in [5, 5.41) is 10.3. The number of aliphatic hydroxyl groups excluding tert-OH is 1. The molecule has 0 aromatic rings.